The first-order chi connectivity index (χ1) is 17.6. The molecule has 0 unspecified atom stereocenters. The number of carbonyl (C=O) groups is 2. The number of amides is 2. The third-order valence-electron chi connectivity index (χ3n) is 6.16. The van der Waals surface area contributed by atoms with Crippen molar-refractivity contribution in [2.45, 2.75) is 25.4 Å². The highest BCUT2D eigenvalue weighted by Gasteiger charge is 2.31. The predicted molar refractivity (Wildman–Crippen MR) is 141 cm³/mol. The van der Waals surface area contributed by atoms with Gasteiger partial charge in [0.25, 0.3) is 11.8 Å². The average molecular weight is 529 g/mol. The largest absolute Gasteiger partial charge is 0.416 e. The molecule has 2 N–H and O–H groups in total. The van der Waals surface area contributed by atoms with E-state index in [0.29, 0.717) is 54.1 Å². The Balaban J connectivity index is 1.66. The van der Waals surface area contributed by atoms with Gasteiger partial charge in [0.05, 0.1) is 22.6 Å². The van der Waals surface area contributed by atoms with E-state index in [4.69, 9.17) is 17.6 Å². The second-order valence-electron chi connectivity index (χ2n) is 8.50. The number of piperidine rings is 1. The van der Waals surface area contributed by atoms with Gasteiger partial charge >= 0.3 is 6.18 Å². The number of hydrogen-bond acceptors (Lipinski definition) is 4. The molecule has 6 nitrogen and oxygen atoms in total. The van der Waals surface area contributed by atoms with E-state index in [-0.39, 0.29) is 17.5 Å². The predicted octanol–water partition coefficient (Wildman–Crippen LogP) is 5.22. The molecule has 1 aliphatic carbocycles. The fourth-order valence-corrected chi connectivity index (χ4v) is 4.46. The van der Waals surface area contributed by atoms with Gasteiger partial charge in [-0.1, -0.05) is 55.7 Å². The summed E-state index contributed by atoms with van der Waals surface area (Å²) >= 11 is 5.46. The van der Waals surface area contributed by atoms with Crippen LogP contribution in [0, 0.1) is 11.3 Å². The molecule has 1 aliphatic heterocycles. The van der Waals surface area contributed by atoms with E-state index >= 15 is 0 Å². The van der Waals surface area contributed by atoms with Gasteiger partial charge in [-0.05, 0) is 48.6 Å². The highest BCUT2D eigenvalue weighted by Crippen LogP contribution is 2.33. The van der Waals surface area contributed by atoms with Crippen molar-refractivity contribution >= 4 is 40.9 Å². The van der Waals surface area contributed by atoms with Crippen LogP contribution in [0.1, 0.15) is 30.4 Å². The molecule has 1 saturated heterocycles. The van der Waals surface area contributed by atoms with Gasteiger partial charge in [-0.25, -0.2) is 0 Å². The summed E-state index contributed by atoms with van der Waals surface area (Å²) in [6.45, 7) is 8.00. The zero-order chi connectivity index (χ0) is 27.2. The van der Waals surface area contributed by atoms with E-state index in [2.05, 4.69) is 18.5 Å². The lowest BCUT2D eigenvalue weighted by molar-refractivity contribution is -0.137. The maximum atomic E-state index is 13.5. The second kappa shape index (κ2) is 12.0. The van der Waals surface area contributed by atoms with Crippen LogP contribution in [0.5, 0.6) is 0 Å². The highest BCUT2D eigenvalue weighted by atomic mass is 32.1. The van der Waals surface area contributed by atoms with Crippen LogP contribution in [0.4, 0.5) is 13.2 Å². The Bertz CT molecular complexity index is 1180. The van der Waals surface area contributed by atoms with E-state index in [1.807, 2.05) is 12.2 Å². The summed E-state index contributed by atoms with van der Waals surface area (Å²) in [5.41, 5.74) is 0.831. The molecule has 0 bridgehead atoms. The molecule has 0 aromatic heterocycles. The van der Waals surface area contributed by atoms with Crippen molar-refractivity contribution in [3.63, 3.8) is 0 Å². The van der Waals surface area contributed by atoms with Crippen LogP contribution in [0.2, 0.25) is 0 Å². The Morgan fingerprint density at radius 2 is 1.84 bits per heavy atom. The SMILES string of the molecule is C=CN(C=N)C(=O)C(=C)NC(=S)C1CCN(C(=O)C2=CC=CCC=C2c2ccc(C(F)(F)F)cc2)CC1. The lowest BCUT2D eigenvalue weighted by atomic mass is 9.92. The summed E-state index contributed by atoms with van der Waals surface area (Å²) in [6.07, 6.45) is 6.45. The maximum absolute atomic E-state index is 13.5. The lowest BCUT2D eigenvalue weighted by Crippen LogP contribution is -2.44. The number of nitrogens with one attached hydrogen (secondary N) is 2. The van der Waals surface area contributed by atoms with Crippen molar-refractivity contribution in [1.29, 1.82) is 5.41 Å². The Kier molecular flexibility index (Phi) is 8.99. The number of halogens is 3. The van der Waals surface area contributed by atoms with Gasteiger partial charge in [-0.2, -0.15) is 13.2 Å². The number of nitrogens with zero attached hydrogens (tertiary/aromatic N) is 2. The summed E-state index contributed by atoms with van der Waals surface area (Å²) in [4.78, 5) is 28.8. The molecule has 1 heterocycles. The van der Waals surface area contributed by atoms with Crippen molar-refractivity contribution in [1.82, 2.24) is 15.1 Å². The van der Waals surface area contributed by atoms with E-state index in [0.717, 1.165) is 23.4 Å². The summed E-state index contributed by atoms with van der Waals surface area (Å²) in [7, 11) is 0. The number of thiocarbonyl (C=S) groups is 1. The number of alkyl halides is 3. The fraction of sp³-hybridized carbons (Fsp3) is 0.259. The fourth-order valence-electron chi connectivity index (χ4n) is 4.10. The first kappa shape index (κ1) is 27.8. The van der Waals surface area contributed by atoms with Crippen molar-refractivity contribution in [3.05, 3.63) is 90.3 Å². The molecule has 10 heteroatoms. The minimum atomic E-state index is -4.43. The number of rotatable bonds is 7. The average Bonchev–Trinajstić information content (AvgIpc) is 3.14. The monoisotopic (exact) mass is 528 g/mol. The lowest BCUT2D eigenvalue weighted by Gasteiger charge is -2.33. The summed E-state index contributed by atoms with van der Waals surface area (Å²) in [6, 6.07) is 4.81. The number of hydrogen-bond donors (Lipinski definition) is 2. The van der Waals surface area contributed by atoms with Crippen molar-refractivity contribution in [2.75, 3.05) is 13.1 Å². The summed E-state index contributed by atoms with van der Waals surface area (Å²) in [5, 5.41) is 10.1. The minimum Gasteiger partial charge on any atom is -0.346 e. The van der Waals surface area contributed by atoms with Crippen LogP contribution in [-0.2, 0) is 15.8 Å². The molecular formula is C27H27F3N4O2S. The Morgan fingerprint density at radius 1 is 1.19 bits per heavy atom. The van der Waals surface area contributed by atoms with E-state index in [1.54, 1.807) is 17.1 Å². The van der Waals surface area contributed by atoms with Crippen LogP contribution in [0.25, 0.3) is 5.57 Å². The van der Waals surface area contributed by atoms with Crippen LogP contribution in [-0.4, -0.2) is 46.0 Å². The van der Waals surface area contributed by atoms with Gasteiger partial charge in [0.2, 0.25) is 0 Å². The smallest absolute Gasteiger partial charge is 0.346 e. The van der Waals surface area contributed by atoms with E-state index < -0.39 is 17.6 Å². The quantitative estimate of drug-likeness (QED) is 0.220. The van der Waals surface area contributed by atoms with E-state index in [1.165, 1.54) is 18.3 Å². The molecule has 1 fully saturated rings. The van der Waals surface area contributed by atoms with Gasteiger partial charge in [0, 0.05) is 30.8 Å². The van der Waals surface area contributed by atoms with Crippen molar-refractivity contribution in [2.24, 2.45) is 5.92 Å². The molecule has 0 saturated carbocycles. The molecular weight excluding hydrogens is 501 g/mol. The molecule has 2 amide bonds. The number of likely N-dealkylation sites (tertiary alicyclic amines) is 1. The van der Waals surface area contributed by atoms with Crippen LogP contribution in [0.3, 0.4) is 0 Å². The molecule has 1 aromatic rings. The van der Waals surface area contributed by atoms with Crippen LogP contribution in [0.15, 0.2) is 79.2 Å². The highest BCUT2D eigenvalue weighted by molar-refractivity contribution is 7.80. The molecule has 37 heavy (non-hydrogen) atoms. The van der Waals surface area contributed by atoms with Gasteiger partial charge in [0.15, 0.2) is 0 Å². The van der Waals surface area contributed by atoms with Crippen molar-refractivity contribution in [3.8, 4) is 0 Å². The van der Waals surface area contributed by atoms with Gasteiger partial charge in [0.1, 0.15) is 0 Å². The molecule has 0 radical (unpaired) electrons. The Labute approximate surface area is 219 Å². The summed E-state index contributed by atoms with van der Waals surface area (Å²) in [5.74, 6) is -0.827. The van der Waals surface area contributed by atoms with Gasteiger partial charge < -0.3 is 10.2 Å². The standard InChI is InChI=1S/C27H27F3N4O2S/c1-3-33(17-31)25(35)18(2)32-24(37)20-13-15-34(16-14-20)26(36)23-8-6-4-5-7-22(23)19-9-11-21(12-10-19)27(28,29)30/h3-4,6-12,17,20,31H,1-2,5,13-16H2,(H,32,37). The van der Waals surface area contributed by atoms with Crippen LogP contribution < -0.4 is 5.32 Å². The molecule has 0 atom stereocenters. The molecule has 0 spiro atoms. The second-order valence-corrected chi connectivity index (χ2v) is 8.94. The third kappa shape index (κ3) is 6.71. The van der Waals surface area contributed by atoms with Gasteiger partial charge in [-0.3, -0.25) is 19.9 Å². The minimum absolute atomic E-state index is 0.0219. The van der Waals surface area contributed by atoms with Crippen molar-refractivity contribution < 1.29 is 22.8 Å². The molecule has 1 aromatic carbocycles. The molecule has 2 aliphatic rings. The molecule has 3 rings (SSSR count). The Hall–Kier alpha value is -3.79. The topological polar surface area (TPSA) is 76.5 Å². The first-order valence-electron chi connectivity index (χ1n) is 11.6. The zero-order valence-electron chi connectivity index (χ0n) is 20.1. The van der Waals surface area contributed by atoms with E-state index in [9.17, 15) is 22.8 Å². The number of allylic oxidation sites excluding steroid dienone is 4. The number of carbonyl (C=O) groups excluding carboxylic acids is 2. The zero-order valence-corrected chi connectivity index (χ0v) is 20.9. The summed E-state index contributed by atoms with van der Waals surface area (Å²) < 4.78 is 39.0. The Morgan fingerprint density at radius 3 is 2.41 bits per heavy atom. The normalized spacial score (nSPS) is 16.1. The maximum Gasteiger partial charge on any atom is 0.416 e. The third-order valence-corrected chi connectivity index (χ3v) is 6.59. The van der Waals surface area contributed by atoms with Gasteiger partial charge in [-0.15, -0.1) is 0 Å². The van der Waals surface area contributed by atoms with Crippen LogP contribution >= 0.6 is 12.2 Å². The number of benzene rings is 1. The molecule has 194 valence electrons. The first-order valence-corrected chi connectivity index (χ1v) is 12.0.